The van der Waals surface area contributed by atoms with Crippen LogP contribution in [0.25, 0.3) is 0 Å². The maximum Gasteiger partial charge on any atom is 0.321 e. The summed E-state index contributed by atoms with van der Waals surface area (Å²) in [5.74, 6) is -0.838. The molecule has 3 amide bonds. The maximum absolute atomic E-state index is 11.8. The lowest BCUT2D eigenvalue weighted by molar-refractivity contribution is -0.147. The molecule has 0 heterocycles. The lowest BCUT2D eigenvalue weighted by atomic mass is 10.1. The van der Waals surface area contributed by atoms with Gasteiger partial charge in [0.1, 0.15) is 5.75 Å². The van der Waals surface area contributed by atoms with E-state index in [9.17, 15) is 14.4 Å². The highest BCUT2D eigenvalue weighted by Gasteiger charge is 2.13. The number of ether oxygens (including phenoxy) is 2. The molecule has 0 saturated heterocycles. The number of hydrogen-bond donors (Lipinski definition) is 2. The number of carbonyl (C=O) groups excluding carboxylic acids is 3. The summed E-state index contributed by atoms with van der Waals surface area (Å²) in [5.41, 5.74) is 0.547. The summed E-state index contributed by atoms with van der Waals surface area (Å²) in [4.78, 5) is 34.5. The summed E-state index contributed by atoms with van der Waals surface area (Å²) in [5, 5.41) is 4.98. The molecular formula is C15H19ClN2O5. The average Bonchev–Trinajstić information content (AvgIpc) is 2.51. The molecule has 0 spiro atoms. The summed E-state index contributed by atoms with van der Waals surface area (Å²) in [7, 11) is 1.47. The van der Waals surface area contributed by atoms with Gasteiger partial charge >= 0.3 is 12.0 Å². The number of imide groups is 1. The van der Waals surface area contributed by atoms with Crippen LogP contribution in [0, 0.1) is 0 Å². The number of benzene rings is 1. The summed E-state index contributed by atoms with van der Waals surface area (Å²) in [6.45, 7) is 1.79. The molecule has 0 fully saturated rings. The molecular weight excluding hydrogens is 324 g/mol. The fourth-order valence-electron chi connectivity index (χ4n) is 1.68. The van der Waals surface area contributed by atoms with Crippen molar-refractivity contribution < 1.29 is 23.9 Å². The van der Waals surface area contributed by atoms with Crippen molar-refractivity contribution in [2.45, 2.75) is 19.8 Å². The quantitative estimate of drug-likeness (QED) is 0.735. The smallest absolute Gasteiger partial charge is 0.321 e. The Bertz CT molecular complexity index is 577. The van der Waals surface area contributed by atoms with E-state index in [2.05, 4.69) is 10.6 Å². The average molecular weight is 343 g/mol. The topological polar surface area (TPSA) is 93.7 Å². The van der Waals surface area contributed by atoms with Crippen molar-refractivity contribution in [3.05, 3.63) is 28.8 Å². The second kappa shape index (κ2) is 9.68. The molecule has 126 valence electrons. The van der Waals surface area contributed by atoms with E-state index in [0.29, 0.717) is 22.9 Å². The normalized spacial score (nSPS) is 9.87. The van der Waals surface area contributed by atoms with Crippen LogP contribution in [0.5, 0.6) is 5.75 Å². The third-order valence-electron chi connectivity index (χ3n) is 2.73. The first kappa shape index (κ1) is 18.8. The Balaban J connectivity index is 2.44. The minimum absolute atomic E-state index is 0.0982. The monoisotopic (exact) mass is 342 g/mol. The van der Waals surface area contributed by atoms with E-state index >= 15 is 0 Å². The first-order chi connectivity index (χ1) is 11.0. The van der Waals surface area contributed by atoms with Crippen molar-refractivity contribution >= 4 is 29.5 Å². The molecule has 2 N–H and O–H groups in total. The van der Waals surface area contributed by atoms with Crippen LogP contribution in [0.4, 0.5) is 4.79 Å². The van der Waals surface area contributed by atoms with Gasteiger partial charge < -0.3 is 14.8 Å². The Kier molecular flexibility index (Phi) is 7.90. The van der Waals surface area contributed by atoms with Crippen LogP contribution in [0.15, 0.2) is 18.2 Å². The van der Waals surface area contributed by atoms with Crippen molar-refractivity contribution in [2.75, 3.05) is 20.3 Å². The molecule has 0 aliphatic heterocycles. The van der Waals surface area contributed by atoms with Gasteiger partial charge in [-0.1, -0.05) is 18.5 Å². The van der Waals surface area contributed by atoms with Crippen LogP contribution < -0.4 is 15.4 Å². The molecule has 0 aromatic heterocycles. The van der Waals surface area contributed by atoms with Gasteiger partial charge in [0, 0.05) is 17.1 Å². The third kappa shape index (κ3) is 7.01. The zero-order valence-electron chi connectivity index (χ0n) is 13.0. The Morgan fingerprint density at radius 1 is 1.26 bits per heavy atom. The number of rotatable bonds is 7. The van der Waals surface area contributed by atoms with E-state index < -0.39 is 24.5 Å². The standard InChI is InChI=1S/C15H19ClN2O5/c1-3-6-17-15(21)18-13(19)9-23-14(20)8-10-7-11(16)4-5-12(10)22-2/h4-5,7H,3,6,8-9H2,1-2H3,(H2,17,18,19,21). The molecule has 0 aliphatic carbocycles. The highest BCUT2D eigenvalue weighted by molar-refractivity contribution is 6.30. The molecule has 0 atom stereocenters. The number of amides is 3. The van der Waals surface area contributed by atoms with Gasteiger partial charge in [-0.3, -0.25) is 14.9 Å². The number of methoxy groups -OCH3 is 1. The van der Waals surface area contributed by atoms with Gasteiger partial charge in [-0.05, 0) is 24.6 Å². The Morgan fingerprint density at radius 2 is 2.00 bits per heavy atom. The largest absolute Gasteiger partial charge is 0.496 e. The molecule has 0 aliphatic rings. The summed E-state index contributed by atoms with van der Waals surface area (Å²) in [6.07, 6.45) is 0.650. The lowest BCUT2D eigenvalue weighted by Crippen LogP contribution is -2.41. The van der Waals surface area contributed by atoms with Crippen molar-refractivity contribution in [1.29, 1.82) is 0 Å². The first-order valence-corrected chi connectivity index (χ1v) is 7.39. The Hall–Kier alpha value is -2.28. The van der Waals surface area contributed by atoms with E-state index in [4.69, 9.17) is 21.1 Å². The van der Waals surface area contributed by atoms with Crippen LogP contribution >= 0.6 is 11.6 Å². The number of carbonyl (C=O) groups is 3. The van der Waals surface area contributed by atoms with Gasteiger partial charge in [0.2, 0.25) is 0 Å². The second-order valence-electron chi connectivity index (χ2n) is 4.60. The third-order valence-corrected chi connectivity index (χ3v) is 2.97. The van der Waals surface area contributed by atoms with E-state index in [1.807, 2.05) is 6.92 Å². The van der Waals surface area contributed by atoms with Crippen LogP contribution in [0.3, 0.4) is 0 Å². The number of hydrogen-bond acceptors (Lipinski definition) is 5. The molecule has 0 bridgehead atoms. The lowest BCUT2D eigenvalue weighted by Gasteiger charge is -2.09. The fraction of sp³-hybridized carbons (Fsp3) is 0.400. The molecule has 1 rings (SSSR count). The van der Waals surface area contributed by atoms with E-state index in [-0.39, 0.29) is 6.42 Å². The fourth-order valence-corrected chi connectivity index (χ4v) is 1.88. The van der Waals surface area contributed by atoms with E-state index in [1.54, 1.807) is 18.2 Å². The van der Waals surface area contributed by atoms with Gasteiger partial charge in [0.25, 0.3) is 5.91 Å². The number of esters is 1. The Labute approximate surface area is 139 Å². The van der Waals surface area contributed by atoms with Crippen LogP contribution in [-0.4, -0.2) is 38.2 Å². The van der Waals surface area contributed by atoms with E-state index in [1.165, 1.54) is 7.11 Å². The summed E-state index contributed by atoms with van der Waals surface area (Å²) in [6, 6.07) is 4.23. The van der Waals surface area contributed by atoms with Crippen LogP contribution in [0.2, 0.25) is 5.02 Å². The summed E-state index contributed by atoms with van der Waals surface area (Å²) < 4.78 is 9.94. The van der Waals surface area contributed by atoms with Gasteiger partial charge in [-0.2, -0.15) is 0 Å². The van der Waals surface area contributed by atoms with Crippen LogP contribution in [-0.2, 0) is 20.7 Å². The molecule has 23 heavy (non-hydrogen) atoms. The molecule has 0 unspecified atom stereocenters. The predicted molar refractivity (Wildman–Crippen MR) is 84.5 cm³/mol. The van der Waals surface area contributed by atoms with Gasteiger partial charge in [-0.25, -0.2) is 4.79 Å². The highest BCUT2D eigenvalue weighted by atomic mass is 35.5. The minimum atomic E-state index is -0.704. The second-order valence-corrected chi connectivity index (χ2v) is 5.03. The number of urea groups is 1. The van der Waals surface area contributed by atoms with Gasteiger partial charge in [-0.15, -0.1) is 0 Å². The molecule has 1 aromatic rings. The van der Waals surface area contributed by atoms with Crippen molar-refractivity contribution in [1.82, 2.24) is 10.6 Å². The molecule has 0 radical (unpaired) electrons. The van der Waals surface area contributed by atoms with Crippen molar-refractivity contribution in [3.8, 4) is 5.75 Å². The predicted octanol–water partition coefficient (Wildman–Crippen LogP) is 1.67. The zero-order valence-corrected chi connectivity index (χ0v) is 13.7. The zero-order chi connectivity index (χ0) is 17.2. The van der Waals surface area contributed by atoms with Crippen LogP contribution in [0.1, 0.15) is 18.9 Å². The number of halogens is 1. The van der Waals surface area contributed by atoms with Gasteiger partial charge in [0.15, 0.2) is 6.61 Å². The first-order valence-electron chi connectivity index (χ1n) is 7.02. The maximum atomic E-state index is 11.8. The summed E-state index contributed by atoms with van der Waals surface area (Å²) >= 11 is 5.87. The number of nitrogens with one attached hydrogen (secondary N) is 2. The highest BCUT2D eigenvalue weighted by Crippen LogP contribution is 2.23. The molecule has 7 nitrogen and oxygen atoms in total. The SMILES string of the molecule is CCCNC(=O)NC(=O)COC(=O)Cc1cc(Cl)ccc1OC. The van der Waals surface area contributed by atoms with Gasteiger partial charge in [0.05, 0.1) is 13.5 Å². The molecule has 0 saturated carbocycles. The minimum Gasteiger partial charge on any atom is -0.496 e. The van der Waals surface area contributed by atoms with E-state index in [0.717, 1.165) is 6.42 Å². The van der Waals surface area contributed by atoms with Crippen molar-refractivity contribution in [3.63, 3.8) is 0 Å². The Morgan fingerprint density at radius 3 is 2.65 bits per heavy atom. The molecule has 1 aromatic carbocycles. The molecule has 8 heteroatoms. The van der Waals surface area contributed by atoms with Crippen molar-refractivity contribution in [2.24, 2.45) is 0 Å².